The van der Waals surface area contributed by atoms with Crippen LogP contribution >= 0.6 is 0 Å². The Morgan fingerprint density at radius 2 is 2.00 bits per heavy atom. The molecule has 1 aromatic rings. The van der Waals surface area contributed by atoms with Crippen molar-refractivity contribution >= 4 is 0 Å². The lowest BCUT2D eigenvalue weighted by atomic mass is 9.94. The fourth-order valence-electron chi connectivity index (χ4n) is 1.51. The van der Waals surface area contributed by atoms with Crippen LogP contribution in [0.1, 0.15) is 31.2 Å². The first-order valence-corrected chi connectivity index (χ1v) is 4.84. The molecule has 0 saturated carbocycles. The van der Waals surface area contributed by atoms with Crippen LogP contribution in [0.4, 0.5) is 0 Å². The number of rotatable bonds is 4. The summed E-state index contributed by atoms with van der Waals surface area (Å²) in [5.41, 5.74) is 1.21. The highest BCUT2D eigenvalue weighted by Gasteiger charge is 2.11. The first-order valence-electron chi connectivity index (χ1n) is 4.84. The van der Waals surface area contributed by atoms with E-state index in [1.54, 1.807) is 0 Å². The third kappa shape index (κ3) is 3.20. The Hall–Kier alpha value is -1.33. The Bertz CT molecular complexity index is 302. The molecule has 0 aliphatic heterocycles. The predicted molar refractivity (Wildman–Crippen MR) is 55.7 cm³/mol. The van der Waals surface area contributed by atoms with Crippen molar-refractivity contribution in [1.82, 2.24) is 0 Å². The van der Waals surface area contributed by atoms with Crippen molar-refractivity contribution in [3.8, 4) is 6.07 Å². The summed E-state index contributed by atoms with van der Waals surface area (Å²) in [4.78, 5) is 0. The van der Waals surface area contributed by atoms with E-state index in [4.69, 9.17) is 5.26 Å². The molecule has 0 aliphatic carbocycles. The highest BCUT2D eigenvalue weighted by Crippen LogP contribution is 2.20. The van der Waals surface area contributed by atoms with Gasteiger partial charge in [0, 0.05) is 0 Å². The van der Waals surface area contributed by atoms with Gasteiger partial charge >= 0.3 is 0 Å². The minimum Gasteiger partial charge on any atom is -0.392 e. The average Bonchev–Trinajstić information content (AvgIpc) is 2.19. The molecule has 1 aromatic carbocycles. The number of nitrogens with zero attached hydrogens (tertiary/aromatic N) is 1. The molecule has 2 atom stereocenters. The summed E-state index contributed by atoms with van der Waals surface area (Å²) < 4.78 is 0. The second kappa shape index (κ2) is 5.41. The van der Waals surface area contributed by atoms with Gasteiger partial charge < -0.3 is 5.11 Å². The number of nitriles is 1. The molecule has 0 radical (unpaired) electrons. The van der Waals surface area contributed by atoms with E-state index >= 15 is 0 Å². The normalized spacial score (nSPS) is 14.4. The van der Waals surface area contributed by atoms with Gasteiger partial charge in [-0.3, -0.25) is 0 Å². The summed E-state index contributed by atoms with van der Waals surface area (Å²) in [6.45, 7) is 2.07. The van der Waals surface area contributed by atoms with Crippen molar-refractivity contribution < 1.29 is 5.11 Å². The van der Waals surface area contributed by atoms with E-state index < -0.39 is 6.10 Å². The molecular formula is C12H15NO. The maximum absolute atomic E-state index is 9.46. The number of benzene rings is 1. The number of aliphatic hydroxyl groups is 1. The van der Waals surface area contributed by atoms with E-state index in [2.05, 4.69) is 6.92 Å². The maximum atomic E-state index is 9.46. The van der Waals surface area contributed by atoms with Crippen LogP contribution in [0.3, 0.4) is 0 Å². The summed E-state index contributed by atoms with van der Waals surface area (Å²) >= 11 is 0. The van der Waals surface area contributed by atoms with E-state index in [9.17, 15) is 5.11 Å². The van der Waals surface area contributed by atoms with E-state index in [1.165, 1.54) is 5.56 Å². The van der Waals surface area contributed by atoms with Crippen molar-refractivity contribution in [1.29, 1.82) is 5.26 Å². The van der Waals surface area contributed by atoms with Crippen LogP contribution in [-0.4, -0.2) is 11.2 Å². The largest absolute Gasteiger partial charge is 0.392 e. The minimum absolute atomic E-state index is 0.219. The molecule has 0 aromatic heterocycles. The Morgan fingerprint density at radius 1 is 1.36 bits per heavy atom. The molecule has 0 amide bonds. The number of aliphatic hydroxyl groups excluding tert-OH is 1. The molecular weight excluding hydrogens is 174 g/mol. The van der Waals surface area contributed by atoms with Gasteiger partial charge in [0.05, 0.1) is 18.6 Å². The number of hydrogen-bond donors (Lipinski definition) is 1. The number of hydrogen-bond acceptors (Lipinski definition) is 2. The smallest absolute Gasteiger partial charge is 0.0675 e. The quantitative estimate of drug-likeness (QED) is 0.790. The van der Waals surface area contributed by atoms with Gasteiger partial charge in [0.2, 0.25) is 0 Å². The van der Waals surface area contributed by atoms with Gasteiger partial charge in [0.15, 0.2) is 0 Å². The standard InChI is InChI=1S/C12H15NO/c1-10(9-12(14)7-8-13)11-5-3-2-4-6-11/h2-6,10,12,14H,7,9H2,1H3. The van der Waals surface area contributed by atoms with Gasteiger partial charge in [-0.15, -0.1) is 0 Å². The van der Waals surface area contributed by atoms with Gasteiger partial charge in [-0.25, -0.2) is 0 Å². The monoisotopic (exact) mass is 189 g/mol. The first kappa shape index (κ1) is 10.7. The Kier molecular flexibility index (Phi) is 4.15. The summed E-state index contributed by atoms with van der Waals surface area (Å²) in [5.74, 6) is 0.305. The molecule has 0 bridgehead atoms. The highest BCUT2D eigenvalue weighted by molar-refractivity contribution is 5.18. The van der Waals surface area contributed by atoms with Crippen molar-refractivity contribution in [2.75, 3.05) is 0 Å². The third-order valence-corrected chi connectivity index (χ3v) is 2.32. The zero-order valence-corrected chi connectivity index (χ0v) is 8.35. The predicted octanol–water partition coefficient (Wildman–Crippen LogP) is 2.45. The zero-order valence-electron chi connectivity index (χ0n) is 8.35. The molecule has 0 fully saturated rings. The van der Waals surface area contributed by atoms with Crippen LogP contribution in [0.5, 0.6) is 0 Å². The van der Waals surface area contributed by atoms with Crippen LogP contribution in [0.15, 0.2) is 30.3 Å². The Balaban J connectivity index is 2.51. The summed E-state index contributed by atoms with van der Waals surface area (Å²) in [6.07, 6.45) is 0.365. The average molecular weight is 189 g/mol. The molecule has 1 rings (SSSR count). The lowest BCUT2D eigenvalue weighted by Gasteiger charge is -2.14. The lowest BCUT2D eigenvalue weighted by Crippen LogP contribution is -2.09. The Morgan fingerprint density at radius 3 is 2.57 bits per heavy atom. The molecule has 2 nitrogen and oxygen atoms in total. The van der Waals surface area contributed by atoms with Crippen molar-refractivity contribution in [2.24, 2.45) is 0 Å². The molecule has 2 heteroatoms. The van der Waals surface area contributed by atoms with Gasteiger partial charge in [-0.2, -0.15) is 5.26 Å². The molecule has 14 heavy (non-hydrogen) atoms. The van der Waals surface area contributed by atoms with Gasteiger partial charge in [0.25, 0.3) is 0 Å². The summed E-state index contributed by atoms with van der Waals surface area (Å²) in [6, 6.07) is 12.0. The van der Waals surface area contributed by atoms with Crippen molar-refractivity contribution in [2.45, 2.75) is 31.8 Å². The second-order valence-corrected chi connectivity index (χ2v) is 3.56. The maximum Gasteiger partial charge on any atom is 0.0675 e. The molecule has 0 aliphatic rings. The second-order valence-electron chi connectivity index (χ2n) is 3.56. The van der Waals surface area contributed by atoms with Crippen LogP contribution < -0.4 is 0 Å². The van der Waals surface area contributed by atoms with Crippen LogP contribution in [0.25, 0.3) is 0 Å². The van der Waals surface area contributed by atoms with Crippen LogP contribution in [0.2, 0.25) is 0 Å². The first-order chi connectivity index (χ1) is 6.74. The van der Waals surface area contributed by atoms with E-state index in [-0.39, 0.29) is 6.42 Å². The lowest BCUT2D eigenvalue weighted by molar-refractivity contribution is 0.162. The fraction of sp³-hybridized carbons (Fsp3) is 0.417. The van der Waals surface area contributed by atoms with Gasteiger partial charge in [0.1, 0.15) is 0 Å². The SMILES string of the molecule is CC(CC(O)CC#N)c1ccccc1. The topological polar surface area (TPSA) is 44.0 Å². The molecule has 1 N–H and O–H groups in total. The van der Waals surface area contributed by atoms with Gasteiger partial charge in [-0.05, 0) is 17.9 Å². The zero-order chi connectivity index (χ0) is 10.4. The Labute approximate surface area is 84.8 Å². The van der Waals surface area contributed by atoms with E-state index in [0.717, 1.165) is 0 Å². The summed E-state index contributed by atoms with van der Waals surface area (Å²) in [5, 5.41) is 17.9. The highest BCUT2D eigenvalue weighted by atomic mass is 16.3. The van der Waals surface area contributed by atoms with Crippen LogP contribution in [-0.2, 0) is 0 Å². The van der Waals surface area contributed by atoms with Gasteiger partial charge in [-0.1, -0.05) is 37.3 Å². The molecule has 2 unspecified atom stereocenters. The molecule has 0 heterocycles. The van der Waals surface area contributed by atoms with Crippen LogP contribution in [0, 0.1) is 11.3 Å². The molecule has 0 saturated heterocycles. The van der Waals surface area contributed by atoms with Crippen molar-refractivity contribution in [3.63, 3.8) is 0 Å². The van der Waals surface area contributed by atoms with Crippen molar-refractivity contribution in [3.05, 3.63) is 35.9 Å². The third-order valence-electron chi connectivity index (χ3n) is 2.32. The fourth-order valence-corrected chi connectivity index (χ4v) is 1.51. The molecule has 74 valence electrons. The molecule has 0 spiro atoms. The van der Waals surface area contributed by atoms with E-state index in [1.807, 2.05) is 36.4 Å². The van der Waals surface area contributed by atoms with E-state index in [0.29, 0.717) is 12.3 Å². The minimum atomic E-state index is -0.504. The summed E-state index contributed by atoms with van der Waals surface area (Å²) in [7, 11) is 0.